The van der Waals surface area contributed by atoms with Crippen LogP contribution in [-0.4, -0.2) is 75.2 Å². The van der Waals surface area contributed by atoms with Crippen LogP contribution in [0, 0.1) is 10.1 Å². The highest BCUT2D eigenvalue weighted by Gasteiger charge is 2.50. The fraction of sp³-hybridized carbons (Fsp3) is 0.385. The summed E-state index contributed by atoms with van der Waals surface area (Å²) in [6.07, 6.45) is 3.34. The molecule has 3 N–H and O–H groups in total. The van der Waals surface area contributed by atoms with Crippen LogP contribution in [-0.2, 0) is 40.1 Å². The zero-order chi connectivity index (χ0) is 30.9. The third-order valence-electron chi connectivity index (χ3n) is 6.30. The Morgan fingerprint density at radius 1 is 1.21 bits per heavy atom. The number of nitro benzene ring substituents is 1. The molecular formula is C26H28N6O9S2. The molecule has 1 fully saturated rings. The zero-order valence-electron chi connectivity index (χ0n) is 22.9. The highest BCUT2D eigenvalue weighted by molar-refractivity contribution is 8.00. The number of esters is 2. The van der Waals surface area contributed by atoms with Crippen LogP contribution in [0.2, 0.25) is 0 Å². The number of anilines is 1. The van der Waals surface area contributed by atoms with E-state index in [1.165, 1.54) is 54.2 Å². The van der Waals surface area contributed by atoms with Gasteiger partial charge in [-0.05, 0) is 37.0 Å². The van der Waals surface area contributed by atoms with Crippen LogP contribution in [0.5, 0.6) is 0 Å². The number of thioether (sulfide) groups is 1. The molecule has 2 aromatic rings. The Morgan fingerprint density at radius 3 is 2.65 bits per heavy atom. The summed E-state index contributed by atoms with van der Waals surface area (Å²) >= 11 is 2.45. The predicted octanol–water partition coefficient (Wildman–Crippen LogP) is 2.11. The number of nitrogens with one attached hydrogen (secondary N) is 1. The van der Waals surface area contributed by atoms with Crippen LogP contribution in [0.25, 0.3) is 0 Å². The average molecular weight is 633 g/mol. The summed E-state index contributed by atoms with van der Waals surface area (Å²) in [5.41, 5.74) is 6.70. The Balaban J connectivity index is 1.13. The second-order valence-electron chi connectivity index (χ2n) is 9.28. The molecule has 4 rings (SSSR count). The van der Waals surface area contributed by atoms with E-state index in [1.807, 2.05) is 0 Å². The first-order chi connectivity index (χ1) is 20.7. The van der Waals surface area contributed by atoms with Gasteiger partial charge in [0.15, 0.2) is 10.8 Å². The maximum absolute atomic E-state index is 12.8. The fourth-order valence-electron chi connectivity index (χ4n) is 4.08. The largest absolute Gasteiger partial charge is 0.462 e. The number of nitro groups is 1. The van der Waals surface area contributed by atoms with E-state index in [9.17, 15) is 29.3 Å². The number of hydrogen-bond acceptors (Lipinski definition) is 14. The Bertz CT molecular complexity index is 1440. The number of amides is 2. The highest BCUT2D eigenvalue weighted by atomic mass is 32.2. The topological polar surface area (TPSA) is 206 Å². The quantitative estimate of drug-likeness (QED) is 0.0767. The summed E-state index contributed by atoms with van der Waals surface area (Å²) < 4.78 is 10.5. The van der Waals surface area contributed by atoms with Crippen molar-refractivity contribution in [3.05, 3.63) is 62.8 Å². The fourth-order valence-corrected chi connectivity index (χ4v) is 5.88. The Hall–Kier alpha value is -4.51. The lowest BCUT2D eigenvalue weighted by Crippen LogP contribution is -2.69. The normalized spacial score (nSPS) is 17.7. The molecule has 2 aliphatic heterocycles. The molecule has 1 unspecified atom stereocenters. The lowest BCUT2D eigenvalue weighted by molar-refractivity contribution is -0.384. The summed E-state index contributed by atoms with van der Waals surface area (Å²) in [5, 5.41) is 18.5. The number of non-ortho nitro benzene ring substituents is 1. The number of thiazole rings is 1. The molecule has 228 valence electrons. The summed E-state index contributed by atoms with van der Waals surface area (Å²) in [4.78, 5) is 70.3. The Kier molecular flexibility index (Phi) is 10.7. The number of hydrogen-bond donors (Lipinski definition) is 2. The highest BCUT2D eigenvalue weighted by Crippen LogP contribution is 2.36. The number of fused-ring (bicyclic) bond motifs is 1. The molecule has 15 nitrogen and oxygen atoms in total. The van der Waals surface area contributed by atoms with Gasteiger partial charge in [0.25, 0.3) is 17.5 Å². The third-order valence-corrected chi connectivity index (χ3v) is 8.29. The Morgan fingerprint density at radius 2 is 1.98 bits per heavy atom. The van der Waals surface area contributed by atoms with Gasteiger partial charge < -0.3 is 30.3 Å². The van der Waals surface area contributed by atoms with Crippen LogP contribution < -0.4 is 11.1 Å². The number of nitrogen functional groups attached to an aromatic ring is 1. The molecule has 0 aliphatic carbocycles. The lowest BCUT2D eigenvalue weighted by Gasteiger charge is -2.47. The number of rotatable bonds is 14. The maximum atomic E-state index is 12.8. The van der Waals surface area contributed by atoms with Gasteiger partial charge >= 0.3 is 11.9 Å². The lowest BCUT2D eigenvalue weighted by atomic mass is 10.1. The minimum atomic E-state index is -0.815. The van der Waals surface area contributed by atoms with Crippen molar-refractivity contribution in [1.82, 2.24) is 15.2 Å². The number of ether oxygens (including phenoxy) is 2. The van der Waals surface area contributed by atoms with Crippen LogP contribution in [0.3, 0.4) is 0 Å². The van der Waals surface area contributed by atoms with E-state index in [2.05, 4.69) is 15.5 Å². The number of nitrogens with two attached hydrogens (primary N) is 1. The number of carbonyl (C=O) groups is 4. The molecule has 17 heteroatoms. The van der Waals surface area contributed by atoms with Gasteiger partial charge in [0.1, 0.15) is 30.8 Å². The van der Waals surface area contributed by atoms with Crippen molar-refractivity contribution in [2.75, 3.05) is 25.2 Å². The van der Waals surface area contributed by atoms with Crippen molar-refractivity contribution >= 4 is 63.4 Å². The molecule has 2 atom stereocenters. The number of aromatic nitrogens is 1. The van der Waals surface area contributed by atoms with Gasteiger partial charge in [0.2, 0.25) is 0 Å². The molecule has 43 heavy (non-hydrogen) atoms. The van der Waals surface area contributed by atoms with Crippen LogP contribution in [0.1, 0.15) is 36.9 Å². The van der Waals surface area contributed by atoms with Crippen molar-refractivity contribution in [3.63, 3.8) is 0 Å². The summed E-state index contributed by atoms with van der Waals surface area (Å²) in [6, 6.07) is 4.95. The molecule has 0 bridgehead atoms. The minimum absolute atomic E-state index is 0.0281. The van der Waals surface area contributed by atoms with Gasteiger partial charge in [-0.3, -0.25) is 24.5 Å². The molecule has 0 radical (unpaired) electrons. The number of carbonyl (C=O) groups excluding carboxylic acids is 4. The Labute approximate surface area is 253 Å². The van der Waals surface area contributed by atoms with Crippen molar-refractivity contribution in [1.29, 1.82) is 0 Å². The van der Waals surface area contributed by atoms with Crippen LogP contribution >= 0.6 is 23.1 Å². The van der Waals surface area contributed by atoms with E-state index < -0.39 is 34.2 Å². The predicted molar refractivity (Wildman–Crippen MR) is 155 cm³/mol. The van der Waals surface area contributed by atoms with Gasteiger partial charge in [-0.15, -0.1) is 23.1 Å². The first-order valence-electron chi connectivity index (χ1n) is 13.0. The van der Waals surface area contributed by atoms with Gasteiger partial charge in [0.05, 0.1) is 17.1 Å². The number of oxime groups is 1. The first kappa shape index (κ1) is 31.4. The molecule has 3 heterocycles. The van der Waals surface area contributed by atoms with Crippen molar-refractivity contribution < 1.29 is 38.4 Å². The third kappa shape index (κ3) is 8.07. The van der Waals surface area contributed by atoms with Crippen LogP contribution in [0.4, 0.5) is 10.8 Å². The average Bonchev–Trinajstić information content (AvgIpc) is 3.44. The molecule has 0 saturated carbocycles. The second-order valence-corrected chi connectivity index (χ2v) is 11.3. The smallest absolute Gasteiger partial charge is 0.336 e. The molecule has 2 amide bonds. The second kappa shape index (κ2) is 14.6. The van der Waals surface area contributed by atoms with E-state index in [1.54, 1.807) is 5.38 Å². The first-order valence-corrected chi connectivity index (χ1v) is 14.9. The van der Waals surface area contributed by atoms with Gasteiger partial charge in [-0.25, -0.2) is 9.78 Å². The minimum Gasteiger partial charge on any atom is -0.462 e. The summed E-state index contributed by atoms with van der Waals surface area (Å²) in [7, 11) is 1.28. The van der Waals surface area contributed by atoms with Crippen molar-refractivity contribution in [3.8, 4) is 0 Å². The molecule has 1 saturated heterocycles. The van der Waals surface area contributed by atoms with E-state index in [4.69, 9.17) is 20.0 Å². The SMILES string of the molecule is CON=C(C(=O)NC1C(=O)N2C=C(C(=O)OCCCCCC(=O)OCc3ccc([N+](=O)[O-])cc3)CS[C@H]12)c1csc(N)n1. The van der Waals surface area contributed by atoms with E-state index in [0.717, 1.165) is 11.3 Å². The van der Waals surface area contributed by atoms with E-state index >= 15 is 0 Å². The number of β-lactam (4-membered cyclic amide) rings is 1. The molecule has 0 spiro atoms. The number of unbranched alkanes of at least 4 members (excludes halogenated alkanes) is 2. The van der Waals surface area contributed by atoms with Crippen molar-refractivity contribution in [2.24, 2.45) is 5.16 Å². The van der Waals surface area contributed by atoms with Crippen molar-refractivity contribution in [2.45, 2.75) is 43.7 Å². The van der Waals surface area contributed by atoms with Gasteiger partial charge in [-0.2, -0.15) is 0 Å². The maximum Gasteiger partial charge on any atom is 0.336 e. The summed E-state index contributed by atoms with van der Waals surface area (Å²) in [5.74, 6) is -1.66. The summed E-state index contributed by atoms with van der Waals surface area (Å²) in [6.45, 7) is 0.178. The van der Waals surface area contributed by atoms with Gasteiger partial charge in [0, 0.05) is 35.9 Å². The number of nitrogens with zero attached hydrogens (tertiary/aromatic N) is 4. The van der Waals surface area contributed by atoms with Gasteiger partial charge in [-0.1, -0.05) is 5.16 Å². The standard InChI is InChI=1S/C26H28N6O9S2/c1-39-30-20(18-14-43-26(27)28-18)22(34)29-21-23(35)31-11-16(13-42-24(21)31)25(36)40-10-4-2-3-5-19(33)41-12-15-6-8-17(9-7-15)32(37)38/h6-9,11,14,21,24H,2-5,10,12-13H2,1H3,(H2,27,28)(H,29,34)/t21?,24-/m1/s1. The molecule has 1 aromatic heterocycles. The molecule has 2 aliphatic rings. The zero-order valence-corrected chi connectivity index (χ0v) is 24.6. The van der Waals surface area contributed by atoms with E-state index in [0.29, 0.717) is 36.2 Å². The van der Waals surface area contributed by atoms with E-state index in [-0.39, 0.29) is 47.8 Å². The molecular weight excluding hydrogens is 604 g/mol. The monoisotopic (exact) mass is 632 g/mol. The molecule has 1 aromatic carbocycles. The van der Waals surface area contributed by atoms with Crippen LogP contribution in [0.15, 0.2) is 46.6 Å². The number of benzene rings is 1.